The lowest BCUT2D eigenvalue weighted by Gasteiger charge is -2.13. The highest BCUT2D eigenvalue weighted by molar-refractivity contribution is 8.00. The van der Waals surface area contributed by atoms with Crippen LogP contribution in [0.3, 0.4) is 0 Å². The van der Waals surface area contributed by atoms with Gasteiger partial charge in [-0.2, -0.15) is 0 Å². The Hall–Kier alpha value is -5.59. The fourth-order valence-electron chi connectivity index (χ4n) is 4.51. The van der Waals surface area contributed by atoms with Gasteiger partial charge >= 0.3 is 0 Å². The number of nitrogens with zero attached hydrogens (tertiary/aromatic N) is 1. The van der Waals surface area contributed by atoms with Crippen LogP contribution in [0, 0.1) is 0 Å². The van der Waals surface area contributed by atoms with Crippen LogP contribution in [0.5, 0.6) is 17.2 Å². The first-order chi connectivity index (χ1) is 23.4. The molecule has 1 heterocycles. The summed E-state index contributed by atoms with van der Waals surface area (Å²) in [5.74, 6) is 0.678. The number of ether oxygens (including phenoxy) is 3. The smallest absolute Gasteiger partial charge is 0.272 e. The molecule has 0 spiro atoms. The lowest BCUT2D eigenvalue weighted by atomic mass is 10.1. The monoisotopic (exact) mass is 680 g/mol. The molecule has 3 amide bonds. The van der Waals surface area contributed by atoms with E-state index in [9.17, 15) is 14.4 Å². The quantitative estimate of drug-likeness (QED) is 0.0899. The highest BCUT2D eigenvalue weighted by Gasteiger charge is 2.17. The van der Waals surface area contributed by atoms with Gasteiger partial charge in [-0.25, -0.2) is 4.98 Å². The number of methoxy groups -OCH3 is 3. The van der Waals surface area contributed by atoms with Crippen LogP contribution in [0.1, 0.15) is 15.9 Å². The van der Waals surface area contributed by atoms with E-state index in [1.165, 1.54) is 30.2 Å². The second kappa shape index (κ2) is 16.3. The van der Waals surface area contributed by atoms with E-state index in [4.69, 9.17) is 14.2 Å². The van der Waals surface area contributed by atoms with Gasteiger partial charge < -0.3 is 30.2 Å². The molecule has 0 unspecified atom stereocenters. The number of aromatic nitrogens is 1. The van der Waals surface area contributed by atoms with Gasteiger partial charge in [-0.15, -0.1) is 23.1 Å². The van der Waals surface area contributed by atoms with Crippen LogP contribution in [-0.2, 0) is 9.59 Å². The van der Waals surface area contributed by atoms with Crippen molar-refractivity contribution in [2.24, 2.45) is 0 Å². The number of hydrogen-bond acceptors (Lipinski definition) is 9. The molecule has 4 aromatic carbocycles. The lowest BCUT2D eigenvalue weighted by molar-refractivity contribution is -0.114. The Kier molecular flexibility index (Phi) is 11.5. The molecule has 0 fully saturated rings. The van der Waals surface area contributed by atoms with E-state index in [1.54, 1.807) is 87.0 Å². The number of para-hydroxylation sites is 1. The number of rotatable bonds is 13. The van der Waals surface area contributed by atoms with Gasteiger partial charge in [0.05, 0.1) is 32.8 Å². The third-order valence-electron chi connectivity index (χ3n) is 6.86. The minimum absolute atomic E-state index is 0.0293. The molecular formula is C36H32N4O6S2. The van der Waals surface area contributed by atoms with E-state index >= 15 is 0 Å². The summed E-state index contributed by atoms with van der Waals surface area (Å²) >= 11 is 2.63. The zero-order valence-corrected chi connectivity index (χ0v) is 27.9. The molecule has 1 aromatic heterocycles. The molecule has 12 heteroatoms. The largest absolute Gasteiger partial charge is 0.496 e. The number of nitrogens with one attached hydrogen (secondary N) is 3. The lowest BCUT2D eigenvalue weighted by Crippen LogP contribution is -2.30. The molecule has 5 rings (SSSR count). The summed E-state index contributed by atoms with van der Waals surface area (Å²) in [6, 6.07) is 28.4. The predicted molar refractivity (Wildman–Crippen MR) is 190 cm³/mol. The van der Waals surface area contributed by atoms with Gasteiger partial charge in [0.2, 0.25) is 5.91 Å². The SMILES string of the molecule is COc1ccccc1/C=C(/NC(=O)c1ccccc1)C(=O)Nc1cccc(SCC(=O)Nc2nc(-c3ccc(OC)c(OC)c3)cs2)c1. The van der Waals surface area contributed by atoms with Crippen molar-refractivity contribution < 1.29 is 28.6 Å². The molecule has 0 aliphatic carbocycles. The molecule has 0 atom stereocenters. The average Bonchev–Trinajstić information content (AvgIpc) is 3.59. The van der Waals surface area contributed by atoms with E-state index < -0.39 is 11.8 Å². The molecule has 0 aliphatic heterocycles. The topological polar surface area (TPSA) is 128 Å². The first-order valence-corrected chi connectivity index (χ1v) is 16.5. The van der Waals surface area contributed by atoms with Crippen LogP contribution in [0.2, 0.25) is 0 Å². The van der Waals surface area contributed by atoms with Crippen molar-refractivity contribution >= 4 is 57.7 Å². The van der Waals surface area contributed by atoms with Crippen molar-refractivity contribution in [2.75, 3.05) is 37.7 Å². The first kappa shape index (κ1) is 33.8. The number of thiazole rings is 1. The van der Waals surface area contributed by atoms with Gasteiger partial charge in [-0.3, -0.25) is 14.4 Å². The van der Waals surface area contributed by atoms with Crippen molar-refractivity contribution in [3.63, 3.8) is 0 Å². The van der Waals surface area contributed by atoms with Crippen molar-refractivity contribution in [3.8, 4) is 28.5 Å². The molecule has 0 bridgehead atoms. The van der Waals surface area contributed by atoms with E-state index in [-0.39, 0.29) is 17.4 Å². The molecule has 48 heavy (non-hydrogen) atoms. The Labute approximate surface area is 286 Å². The number of hydrogen-bond donors (Lipinski definition) is 3. The number of anilines is 2. The van der Waals surface area contributed by atoms with Gasteiger partial charge in [0.25, 0.3) is 11.8 Å². The maximum atomic E-state index is 13.5. The summed E-state index contributed by atoms with van der Waals surface area (Å²) in [5.41, 5.74) is 3.07. The van der Waals surface area contributed by atoms with E-state index in [1.807, 2.05) is 35.7 Å². The minimum atomic E-state index is -0.529. The second-order valence-corrected chi connectivity index (χ2v) is 12.0. The van der Waals surface area contributed by atoms with Gasteiger partial charge in [-0.05, 0) is 60.7 Å². The third kappa shape index (κ3) is 8.81. The summed E-state index contributed by atoms with van der Waals surface area (Å²) in [6.45, 7) is 0. The molecular weight excluding hydrogens is 649 g/mol. The number of carbonyl (C=O) groups excluding carboxylic acids is 3. The Bertz CT molecular complexity index is 1940. The molecule has 0 radical (unpaired) electrons. The Balaban J connectivity index is 1.23. The molecule has 0 aliphatic rings. The second-order valence-electron chi connectivity index (χ2n) is 10.0. The minimum Gasteiger partial charge on any atom is -0.496 e. The van der Waals surface area contributed by atoms with E-state index in [0.717, 1.165) is 10.5 Å². The van der Waals surface area contributed by atoms with Gasteiger partial charge in [0, 0.05) is 32.7 Å². The van der Waals surface area contributed by atoms with Crippen molar-refractivity contribution in [1.82, 2.24) is 10.3 Å². The van der Waals surface area contributed by atoms with Crippen LogP contribution in [-0.4, -0.2) is 49.8 Å². The maximum Gasteiger partial charge on any atom is 0.272 e. The molecule has 10 nitrogen and oxygen atoms in total. The van der Waals surface area contributed by atoms with Crippen LogP contribution < -0.4 is 30.2 Å². The molecule has 3 N–H and O–H groups in total. The highest BCUT2D eigenvalue weighted by Crippen LogP contribution is 2.33. The van der Waals surface area contributed by atoms with Gasteiger partial charge in [0.1, 0.15) is 11.4 Å². The standard InChI is InChI=1S/C36H32N4O6S2/c1-44-30-15-8-7-12-25(30)18-28(38-34(42)23-10-5-4-6-11-23)35(43)37-26-13-9-14-27(20-26)47-22-33(41)40-36-39-29(21-48-36)24-16-17-31(45-2)32(19-24)46-3/h4-21H,22H2,1-3H3,(H,37,43)(H,38,42)(H,39,40,41)/b28-18+. The average molecular weight is 681 g/mol. The van der Waals surface area contributed by atoms with E-state index in [0.29, 0.717) is 44.9 Å². The summed E-state index contributed by atoms with van der Waals surface area (Å²) in [4.78, 5) is 44.6. The highest BCUT2D eigenvalue weighted by atomic mass is 32.2. The summed E-state index contributed by atoms with van der Waals surface area (Å²) in [7, 11) is 4.68. The summed E-state index contributed by atoms with van der Waals surface area (Å²) < 4.78 is 16.1. The maximum absolute atomic E-state index is 13.5. The Morgan fingerprint density at radius 1 is 0.792 bits per heavy atom. The Morgan fingerprint density at radius 2 is 1.54 bits per heavy atom. The first-order valence-electron chi connectivity index (χ1n) is 14.6. The third-order valence-corrected chi connectivity index (χ3v) is 8.61. The number of benzene rings is 4. The zero-order chi connectivity index (χ0) is 33.9. The molecule has 0 saturated carbocycles. The fourth-order valence-corrected chi connectivity index (χ4v) is 6.00. The number of amides is 3. The van der Waals surface area contributed by atoms with Crippen LogP contribution in [0.4, 0.5) is 10.8 Å². The van der Waals surface area contributed by atoms with Crippen molar-refractivity contribution in [1.29, 1.82) is 0 Å². The molecule has 5 aromatic rings. The Morgan fingerprint density at radius 3 is 2.31 bits per heavy atom. The summed E-state index contributed by atoms with van der Waals surface area (Å²) in [6.07, 6.45) is 1.56. The molecule has 244 valence electrons. The predicted octanol–water partition coefficient (Wildman–Crippen LogP) is 6.98. The van der Waals surface area contributed by atoms with Crippen LogP contribution >= 0.6 is 23.1 Å². The summed E-state index contributed by atoms with van der Waals surface area (Å²) in [5, 5.41) is 10.8. The number of thioether (sulfide) groups is 1. The van der Waals surface area contributed by atoms with Crippen LogP contribution in [0.15, 0.2) is 113 Å². The fraction of sp³-hybridized carbons (Fsp3) is 0.111. The van der Waals surface area contributed by atoms with Gasteiger partial charge in [-0.1, -0.05) is 42.5 Å². The van der Waals surface area contributed by atoms with E-state index in [2.05, 4.69) is 20.9 Å². The van der Waals surface area contributed by atoms with Crippen molar-refractivity contribution in [3.05, 3.63) is 119 Å². The van der Waals surface area contributed by atoms with Crippen LogP contribution in [0.25, 0.3) is 17.3 Å². The van der Waals surface area contributed by atoms with Gasteiger partial charge in [0.15, 0.2) is 16.6 Å². The van der Waals surface area contributed by atoms with Crippen molar-refractivity contribution in [2.45, 2.75) is 4.90 Å². The normalized spacial score (nSPS) is 10.9. The molecule has 0 saturated heterocycles. The zero-order valence-electron chi connectivity index (χ0n) is 26.3. The number of carbonyl (C=O) groups is 3.